The fraction of sp³-hybridized carbons (Fsp3) is 0.750. The Morgan fingerprint density at radius 2 is 1.44 bits per heavy atom. The van der Waals surface area contributed by atoms with E-state index in [1.165, 1.54) is 5.57 Å². The molecule has 0 saturated heterocycles. The second kappa shape index (κ2) is 5.08. The predicted octanol–water partition coefficient (Wildman–Crippen LogP) is 4.35. The van der Waals surface area contributed by atoms with Gasteiger partial charge in [-0.25, -0.2) is 5.84 Å². The molecule has 2 heteroatoms. The topological polar surface area (TPSA) is 29.3 Å². The molecule has 18 heavy (non-hydrogen) atoms. The maximum absolute atomic E-state index is 5.90. The summed E-state index contributed by atoms with van der Waals surface area (Å²) in [4.78, 5) is 0. The van der Waals surface area contributed by atoms with Gasteiger partial charge in [-0.2, -0.15) is 0 Å². The van der Waals surface area contributed by atoms with Crippen molar-refractivity contribution in [3.63, 3.8) is 0 Å². The van der Waals surface area contributed by atoms with E-state index in [0.29, 0.717) is 0 Å². The fourth-order valence-corrected chi connectivity index (χ4v) is 2.90. The summed E-state index contributed by atoms with van der Waals surface area (Å²) in [6.07, 6.45) is 1.05. The molecule has 0 radical (unpaired) electrons. The molecule has 0 amide bonds. The average molecular weight is 252 g/mol. The molecule has 0 rings (SSSR count). The Morgan fingerprint density at radius 3 is 1.67 bits per heavy atom. The smallest absolute Gasteiger partial charge is 0.0278 e. The van der Waals surface area contributed by atoms with Gasteiger partial charge in [-0.15, -0.1) is 0 Å². The first-order valence-electron chi connectivity index (χ1n) is 6.70. The zero-order valence-electron chi connectivity index (χ0n) is 13.6. The van der Waals surface area contributed by atoms with Gasteiger partial charge in [0.25, 0.3) is 0 Å². The molecule has 106 valence electrons. The van der Waals surface area contributed by atoms with Crippen LogP contribution in [0.25, 0.3) is 0 Å². The summed E-state index contributed by atoms with van der Waals surface area (Å²) in [6.45, 7) is 24.0. The maximum atomic E-state index is 5.90. The van der Waals surface area contributed by atoms with E-state index in [4.69, 9.17) is 5.84 Å². The van der Waals surface area contributed by atoms with Crippen LogP contribution < -0.4 is 5.84 Å². The average Bonchev–Trinajstić information content (AvgIpc) is 2.25. The molecule has 0 fully saturated rings. The van der Waals surface area contributed by atoms with Gasteiger partial charge in [0.15, 0.2) is 0 Å². The van der Waals surface area contributed by atoms with Crippen molar-refractivity contribution in [1.29, 1.82) is 0 Å². The van der Waals surface area contributed by atoms with E-state index >= 15 is 0 Å². The number of nitrogens with zero attached hydrogens (tertiary/aromatic N) is 1. The zero-order chi connectivity index (χ0) is 14.9. The highest BCUT2D eigenvalue weighted by Gasteiger charge is 2.52. The lowest BCUT2D eigenvalue weighted by Gasteiger charge is -2.56. The first-order chi connectivity index (χ1) is 7.86. The van der Waals surface area contributed by atoms with E-state index in [1.807, 2.05) is 7.05 Å². The summed E-state index contributed by atoms with van der Waals surface area (Å²) in [5.74, 6) is 5.90. The molecule has 0 bridgehead atoms. The quantitative estimate of drug-likeness (QED) is 0.432. The van der Waals surface area contributed by atoms with Crippen LogP contribution in [0.1, 0.15) is 54.9 Å². The lowest BCUT2D eigenvalue weighted by molar-refractivity contribution is -0.00839. The summed E-state index contributed by atoms with van der Waals surface area (Å²) in [5.41, 5.74) is 2.11. The van der Waals surface area contributed by atoms with Crippen molar-refractivity contribution in [1.82, 2.24) is 5.01 Å². The van der Waals surface area contributed by atoms with Crippen molar-refractivity contribution >= 4 is 0 Å². The fourth-order valence-electron chi connectivity index (χ4n) is 2.90. The summed E-state index contributed by atoms with van der Waals surface area (Å²) in [5, 5.41) is 1.64. The van der Waals surface area contributed by atoms with Gasteiger partial charge in [0.05, 0.1) is 0 Å². The molecule has 0 aliphatic heterocycles. The highest BCUT2D eigenvalue weighted by atomic mass is 15.4. The maximum Gasteiger partial charge on any atom is 0.0278 e. The summed E-state index contributed by atoms with van der Waals surface area (Å²) >= 11 is 0. The molecule has 0 aliphatic rings. The number of rotatable bonds is 6. The van der Waals surface area contributed by atoms with Gasteiger partial charge in [0, 0.05) is 18.2 Å². The molecular formula is C16H32N2. The number of hydrogen-bond acceptors (Lipinski definition) is 2. The normalized spacial score (nSPS) is 16.1. The molecule has 0 aliphatic carbocycles. The van der Waals surface area contributed by atoms with E-state index in [2.05, 4.69) is 61.6 Å². The van der Waals surface area contributed by atoms with Gasteiger partial charge in [0.2, 0.25) is 0 Å². The van der Waals surface area contributed by atoms with Crippen LogP contribution in [-0.4, -0.2) is 12.1 Å². The van der Waals surface area contributed by atoms with Crippen molar-refractivity contribution in [2.75, 3.05) is 7.05 Å². The third kappa shape index (κ3) is 2.35. The van der Waals surface area contributed by atoms with Crippen LogP contribution in [0.5, 0.6) is 0 Å². The Morgan fingerprint density at radius 1 is 1.06 bits per heavy atom. The number of nitrogens with two attached hydrogens (primary N) is 1. The van der Waals surface area contributed by atoms with E-state index < -0.39 is 0 Å². The van der Waals surface area contributed by atoms with Crippen molar-refractivity contribution in [3.05, 3.63) is 24.4 Å². The molecular weight excluding hydrogens is 220 g/mol. The third-order valence-corrected chi connectivity index (χ3v) is 5.68. The van der Waals surface area contributed by atoms with E-state index in [9.17, 15) is 0 Å². The second-order valence-electron chi connectivity index (χ2n) is 6.77. The molecule has 0 aromatic carbocycles. The van der Waals surface area contributed by atoms with Crippen LogP contribution in [0.2, 0.25) is 0 Å². The molecule has 1 unspecified atom stereocenters. The van der Waals surface area contributed by atoms with Crippen LogP contribution in [-0.2, 0) is 0 Å². The Labute approximate surface area is 114 Å². The summed E-state index contributed by atoms with van der Waals surface area (Å²) in [7, 11) is 1.86. The Kier molecular flexibility index (Phi) is 4.87. The van der Waals surface area contributed by atoms with Crippen molar-refractivity contribution in [2.24, 2.45) is 22.1 Å². The lowest BCUT2D eigenvalue weighted by Crippen LogP contribution is -2.50. The van der Waals surface area contributed by atoms with Crippen LogP contribution in [0, 0.1) is 16.2 Å². The molecule has 0 saturated carbocycles. The minimum absolute atomic E-state index is 0.0181. The van der Waals surface area contributed by atoms with Gasteiger partial charge in [0.1, 0.15) is 0 Å². The van der Waals surface area contributed by atoms with Crippen LogP contribution in [0.15, 0.2) is 24.4 Å². The molecule has 0 spiro atoms. The van der Waals surface area contributed by atoms with Crippen LogP contribution in [0.4, 0.5) is 0 Å². The van der Waals surface area contributed by atoms with Gasteiger partial charge < -0.3 is 5.01 Å². The summed E-state index contributed by atoms with van der Waals surface area (Å²) in [6, 6.07) is 0. The third-order valence-electron chi connectivity index (χ3n) is 5.68. The molecule has 0 aromatic heterocycles. The second-order valence-corrected chi connectivity index (χ2v) is 6.77. The molecule has 2 nitrogen and oxygen atoms in total. The first-order valence-corrected chi connectivity index (χ1v) is 6.70. The van der Waals surface area contributed by atoms with Gasteiger partial charge in [-0.1, -0.05) is 60.3 Å². The Hall–Kier alpha value is -0.760. The van der Waals surface area contributed by atoms with Crippen molar-refractivity contribution in [2.45, 2.75) is 54.9 Å². The lowest BCUT2D eigenvalue weighted by atomic mass is 9.50. The highest BCUT2D eigenvalue weighted by Crippen LogP contribution is 2.59. The minimum Gasteiger partial charge on any atom is -0.318 e. The minimum atomic E-state index is -0.103. The first kappa shape index (κ1) is 17.2. The van der Waals surface area contributed by atoms with Crippen molar-refractivity contribution < 1.29 is 0 Å². The summed E-state index contributed by atoms with van der Waals surface area (Å²) < 4.78 is 0. The van der Waals surface area contributed by atoms with Gasteiger partial charge in [-0.3, -0.25) is 0 Å². The number of hydrogen-bond donors (Lipinski definition) is 1. The molecule has 2 N–H and O–H groups in total. The zero-order valence-corrected chi connectivity index (χ0v) is 13.6. The highest BCUT2D eigenvalue weighted by molar-refractivity contribution is 5.20. The van der Waals surface area contributed by atoms with E-state index in [0.717, 1.165) is 12.1 Å². The van der Waals surface area contributed by atoms with E-state index in [1.54, 1.807) is 5.01 Å². The number of allylic oxidation sites excluding steroid dienone is 2. The van der Waals surface area contributed by atoms with Crippen LogP contribution in [0.3, 0.4) is 0 Å². The van der Waals surface area contributed by atoms with Gasteiger partial charge >= 0.3 is 0 Å². The number of hydrazine groups is 1. The van der Waals surface area contributed by atoms with Crippen LogP contribution >= 0.6 is 0 Å². The van der Waals surface area contributed by atoms with Gasteiger partial charge in [-0.05, 0) is 24.2 Å². The SMILES string of the molecule is C=C(C)C(C)(C)C(C)(CC)C(C)(C)C(=C)N(C)N. The molecule has 0 heterocycles. The monoisotopic (exact) mass is 252 g/mol. The van der Waals surface area contributed by atoms with E-state index in [-0.39, 0.29) is 16.2 Å². The molecule has 0 aromatic rings. The predicted molar refractivity (Wildman–Crippen MR) is 81.9 cm³/mol. The Bertz CT molecular complexity index is 337. The molecule has 1 atom stereocenters. The van der Waals surface area contributed by atoms with Crippen molar-refractivity contribution in [3.8, 4) is 0 Å². The largest absolute Gasteiger partial charge is 0.318 e. The Balaban J connectivity index is 5.82. The standard InChI is InChI=1S/C16H32N2/c1-11-16(9,14(5,6)12(2)3)15(7,8)13(4)18(10)17/h2,4,11,17H2,1,3,5-10H3.